The summed E-state index contributed by atoms with van der Waals surface area (Å²) in [6, 6.07) is 0. The van der Waals surface area contributed by atoms with Gasteiger partial charge in [-0.05, 0) is 0 Å². The van der Waals surface area contributed by atoms with E-state index in [0.717, 1.165) is 7.37 Å². The second-order valence-corrected chi connectivity index (χ2v) is 7.06. The van der Waals surface area contributed by atoms with Crippen LogP contribution in [0.2, 0.25) is 0 Å². The molecule has 0 aromatic heterocycles. The molecule has 0 atom stereocenters. The van der Waals surface area contributed by atoms with Gasteiger partial charge in [0, 0.05) is 0 Å². The third-order valence-electron chi connectivity index (χ3n) is 0.577. The van der Waals surface area contributed by atoms with E-state index in [1.807, 2.05) is 7.74 Å². The van der Waals surface area contributed by atoms with Crippen LogP contribution >= 0.6 is 7.49 Å². The van der Waals surface area contributed by atoms with E-state index in [2.05, 4.69) is 20.0 Å². The first-order valence-electron chi connectivity index (χ1n) is 2.70. The van der Waals surface area contributed by atoms with E-state index < -0.39 is 7.49 Å². The van der Waals surface area contributed by atoms with Gasteiger partial charge in [0.25, 0.3) is 0 Å². The van der Waals surface area contributed by atoms with Crippen molar-refractivity contribution in [3.05, 3.63) is 0 Å². The Morgan fingerprint density at radius 1 is 1.43 bits per heavy atom. The van der Waals surface area contributed by atoms with Crippen molar-refractivity contribution in [2.75, 3.05) is 20.0 Å². The molecule has 0 spiro atoms. The Kier molecular flexibility index (Phi) is 2.94. The van der Waals surface area contributed by atoms with Gasteiger partial charge in [0.1, 0.15) is 0 Å². The van der Waals surface area contributed by atoms with Crippen LogP contribution in [0.4, 0.5) is 0 Å². The zero-order chi connectivity index (χ0) is 5.91. The Bertz CT molecular complexity index is 51.4. The van der Waals surface area contributed by atoms with Crippen LogP contribution in [0.5, 0.6) is 0 Å². The fourth-order valence-corrected chi connectivity index (χ4v) is 1.30. The molecule has 0 N–H and O–H groups in total. The van der Waals surface area contributed by atoms with Gasteiger partial charge in [0.15, 0.2) is 0 Å². The van der Waals surface area contributed by atoms with Crippen molar-refractivity contribution < 1.29 is 4.44 Å². The van der Waals surface area contributed by atoms with Crippen molar-refractivity contribution in [1.82, 2.24) is 0 Å². The molecule has 4 heteroatoms. The minimum absolute atomic E-state index is 0.871. The molecule has 0 heterocycles. The fraction of sp³-hybridized carbons (Fsp3) is 1.00. The summed E-state index contributed by atoms with van der Waals surface area (Å²) in [5.41, 5.74) is 0. The minimum atomic E-state index is -1.16. The molecule has 0 radical (unpaired) electrons. The van der Waals surface area contributed by atoms with E-state index in [0.29, 0.717) is 0 Å². The van der Waals surface area contributed by atoms with Crippen LogP contribution in [0.3, 0.4) is 0 Å². The predicted molar refractivity (Wildman–Crippen MR) is 42.9 cm³/mol. The molecule has 0 saturated heterocycles. The first kappa shape index (κ1) is 7.52. The van der Waals surface area contributed by atoms with Gasteiger partial charge in [-0.15, -0.1) is 0 Å². The van der Waals surface area contributed by atoms with E-state index in [1.54, 1.807) is 0 Å². The predicted octanol–water partition coefficient (Wildman–Crippen LogP) is -0.543. The van der Waals surface area contributed by atoms with Gasteiger partial charge >= 0.3 is 47.0 Å². The molecule has 0 bridgehead atoms. The monoisotopic (exact) mass is 118 g/mol. The first-order valence-corrected chi connectivity index (χ1v) is 6.11. The molecule has 0 saturated carbocycles. The molecule has 0 rings (SSSR count). The van der Waals surface area contributed by atoms with Crippen LogP contribution in [-0.4, -0.2) is 35.1 Å². The molecule has 0 aliphatic carbocycles. The van der Waals surface area contributed by atoms with Crippen molar-refractivity contribution in [3.8, 4) is 0 Å². The number of rotatable bonds is 2. The van der Waals surface area contributed by atoms with E-state index in [-0.39, 0.29) is 0 Å². The summed E-state index contributed by atoms with van der Waals surface area (Å²) < 4.78 is 5.37. The third-order valence-corrected chi connectivity index (χ3v) is 1.73. The zero-order valence-electron chi connectivity index (χ0n) is 5.62. The molecule has 0 aromatic rings. The normalized spacial score (nSPS) is 13.6. The Hall–Kier alpha value is 0.520. The summed E-state index contributed by atoms with van der Waals surface area (Å²) in [6.07, 6.45) is 0. The molecule has 7 heavy (non-hydrogen) atoms. The topological polar surface area (TPSA) is 9.23 Å². The number of hydrogen-bond acceptors (Lipinski definition) is 1. The van der Waals surface area contributed by atoms with Crippen LogP contribution < -0.4 is 0 Å². The fourth-order valence-electron chi connectivity index (χ4n) is 0.433. The Morgan fingerprint density at radius 3 is 1.86 bits per heavy atom. The number of hydrogen-bond donors (Lipinski definition) is 0. The van der Waals surface area contributed by atoms with Crippen molar-refractivity contribution in [2.24, 2.45) is 0 Å². The van der Waals surface area contributed by atoms with Gasteiger partial charge in [0.2, 0.25) is 0 Å². The summed E-state index contributed by atoms with van der Waals surface area (Å²) in [5.74, 6) is 0. The van der Waals surface area contributed by atoms with Crippen LogP contribution in [-0.2, 0) is 4.44 Å². The quantitative estimate of drug-likeness (QED) is 0.349. The van der Waals surface area contributed by atoms with Gasteiger partial charge in [-0.25, -0.2) is 0 Å². The van der Waals surface area contributed by atoms with Crippen molar-refractivity contribution in [3.63, 3.8) is 0 Å². The van der Waals surface area contributed by atoms with Gasteiger partial charge in [-0.3, -0.25) is 0 Å². The summed E-state index contributed by atoms with van der Waals surface area (Å²) in [6.45, 7) is 6.57. The van der Waals surface area contributed by atoms with Crippen molar-refractivity contribution >= 4 is 22.6 Å². The van der Waals surface area contributed by atoms with Crippen molar-refractivity contribution in [1.29, 1.82) is 0 Å². The Balaban J connectivity index is 3.15. The van der Waals surface area contributed by atoms with Crippen LogP contribution in [0.1, 0.15) is 0 Å². The summed E-state index contributed by atoms with van der Waals surface area (Å²) in [4.78, 5) is 0. The molecule has 0 aliphatic heterocycles. The van der Waals surface area contributed by atoms with Gasteiger partial charge in [0.05, 0.1) is 0 Å². The van der Waals surface area contributed by atoms with E-state index in [4.69, 9.17) is 4.44 Å². The molecule has 0 unspecified atom stereocenters. The average molecular weight is 118 g/mol. The second kappa shape index (κ2) is 2.74. The summed E-state index contributed by atoms with van der Waals surface area (Å²) in [5, 5.41) is 0. The van der Waals surface area contributed by atoms with E-state index in [1.165, 1.54) is 0 Å². The van der Waals surface area contributed by atoms with E-state index >= 15 is 0 Å². The van der Waals surface area contributed by atoms with Crippen LogP contribution in [0.25, 0.3) is 0 Å². The molecule has 0 amide bonds. The van der Waals surface area contributed by atoms with Gasteiger partial charge < -0.3 is 0 Å². The van der Waals surface area contributed by atoms with Gasteiger partial charge in [-0.1, -0.05) is 0 Å². The maximum atomic E-state index is 5.37. The van der Waals surface area contributed by atoms with Crippen LogP contribution in [0, 0.1) is 0 Å². The molecule has 0 aromatic carbocycles. The second-order valence-electron chi connectivity index (χ2n) is 2.55. The van der Waals surface area contributed by atoms with Crippen molar-refractivity contribution in [2.45, 2.75) is 0 Å². The SMILES string of the molecule is BBO[PH](C)(C)C. The molecule has 42 valence electrons. The van der Waals surface area contributed by atoms with E-state index in [9.17, 15) is 0 Å². The molecule has 0 fully saturated rings. The third kappa shape index (κ3) is 6.52. The zero-order valence-corrected chi connectivity index (χ0v) is 6.62. The average Bonchev–Trinajstić information content (AvgIpc) is 1.30. The van der Waals surface area contributed by atoms with Crippen LogP contribution in [0.15, 0.2) is 0 Å². The van der Waals surface area contributed by atoms with Gasteiger partial charge in [-0.2, -0.15) is 0 Å². The summed E-state index contributed by atoms with van der Waals surface area (Å²) in [7, 11) is 1.75. The summed E-state index contributed by atoms with van der Waals surface area (Å²) >= 11 is 0. The Labute approximate surface area is 47.9 Å². The maximum absolute atomic E-state index is 5.37. The first-order chi connectivity index (χ1) is 3.06. The standard InChI is InChI=1S/C3H13B2OP/c1-7(2,3)6-5-4/h5,7H,4H2,1-3H3. The Morgan fingerprint density at radius 2 is 1.86 bits per heavy atom. The molecular weight excluding hydrogens is 105 g/mol. The molecular formula is C3H13B2OP. The molecule has 1 nitrogen and oxygen atoms in total. The molecule has 0 aliphatic rings.